The number of benzene rings is 1. The van der Waals surface area contributed by atoms with Crippen LogP contribution in [0, 0.1) is 0 Å². The molecule has 19 heavy (non-hydrogen) atoms. The maximum Gasteiger partial charge on any atom is 0.123 e. The minimum atomic E-state index is 0.533. The van der Waals surface area contributed by atoms with Gasteiger partial charge in [-0.2, -0.15) is 0 Å². The first-order chi connectivity index (χ1) is 9.06. The summed E-state index contributed by atoms with van der Waals surface area (Å²) in [4.78, 5) is 4.64. The zero-order chi connectivity index (χ0) is 14.0. The van der Waals surface area contributed by atoms with E-state index in [0.29, 0.717) is 6.04 Å². The number of hydrogen-bond acceptors (Lipinski definition) is 3. The fourth-order valence-electron chi connectivity index (χ4n) is 3.09. The van der Waals surface area contributed by atoms with E-state index in [2.05, 4.69) is 50.0 Å². The molecule has 1 aromatic rings. The molecule has 0 saturated heterocycles. The molecular formula is C16H26N2O. The van der Waals surface area contributed by atoms with Crippen molar-refractivity contribution in [3.63, 3.8) is 0 Å². The summed E-state index contributed by atoms with van der Waals surface area (Å²) in [7, 11) is 8.19. The zero-order valence-corrected chi connectivity index (χ0v) is 12.9. The number of methoxy groups -OCH3 is 1. The minimum Gasteiger partial charge on any atom is -0.496 e. The van der Waals surface area contributed by atoms with Crippen LogP contribution in [0.3, 0.4) is 0 Å². The first-order valence-electron chi connectivity index (χ1n) is 7.11. The standard InChI is InChI=1S/C16H26N2O/c1-6-15-14-10-16(19-5)13(11-17(2)3)9-12(14)7-8-18(15)4/h9-10,15H,6-8,11H2,1-5H3. The third-order valence-corrected chi connectivity index (χ3v) is 4.04. The Morgan fingerprint density at radius 3 is 2.68 bits per heavy atom. The summed E-state index contributed by atoms with van der Waals surface area (Å²) in [6.07, 6.45) is 2.30. The first kappa shape index (κ1) is 14.4. The van der Waals surface area contributed by atoms with Gasteiger partial charge < -0.3 is 9.64 Å². The fourth-order valence-corrected chi connectivity index (χ4v) is 3.09. The molecule has 0 N–H and O–H groups in total. The highest BCUT2D eigenvalue weighted by Gasteiger charge is 2.25. The number of fused-ring (bicyclic) bond motifs is 1. The predicted molar refractivity (Wildman–Crippen MR) is 79.8 cm³/mol. The molecule has 1 aromatic carbocycles. The zero-order valence-electron chi connectivity index (χ0n) is 12.9. The number of nitrogens with zero attached hydrogens (tertiary/aromatic N) is 2. The average Bonchev–Trinajstić information content (AvgIpc) is 2.37. The topological polar surface area (TPSA) is 15.7 Å². The molecule has 2 rings (SSSR count). The van der Waals surface area contributed by atoms with Crippen molar-refractivity contribution < 1.29 is 4.74 Å². The lowest BCUT2D eigenvalue weighted by atomic mass is 9.89. The molecular weight excluding hydrogens is 236 g/mol. The fraction of sp³-hybridized carbons (Fsp3) is 0.625. The predicted octanol–water partition coefficient (Wildman–Crippen LogP) is 2.70. The Bertz CT molecular complexity index is 443. The van der Waals surface area contributed by atoms with Crippen molar-refractivity contribution >= 4 is 0 Å². The van der Waals surface area contributed by atoms with Crippen molar-refractivity contribution in [2.24, 2.45) is 0 Å². The second-order valence-electron chi connectivity index (χ2n) is 5.76. The van der Waals surface area contributed by atoms with E-state index in [1.165, 1.54) is 16.7 Å². The molecule has 1 heterocycles. The molecule has 3 nitrogen and oxygen atoms in total. The molecule has 1 aliphatic rings. The summed E-state index contributed by atoms with van der Waals surface area (Å²) in [5.41, 5.74) is 4.25. The molecule has 0 fully saturated rings. The van der Waals surface area contributed by atoms with Gasteiger partial charge in [-0.15, -0.1) is 0 Å². The summed E-state index contributed by atoms with van der Waals surface area (Å²) in [6, 6.07) is 5.15. The van der Waals surface area contributed by atoms with Gasteiger partial charge in [0, 0.05) is 24.7 Å². The van der Waals surface area contributed by atoms with Crippen LogP contribution in [-0.2, 0) is 13.0 Å². The third-order valence-electron chi connectivity index (χ3n) is 4.04. The maximum absolute atomic E-state index is 5.60. The highest BCUT2D eigenvalue weighted by Crippen LogP contribution is 2.35. The van der Waals surface area contributed by atoms with Crippen LogP contribution >= 0.6 is 0 Å². The number of likely N-dealkylation sites (N-methyl/N-ethyl adjacent to an activating group) is 1. The van der Waals surface area contributed by atoms with E-state index in [4.69, 9.17) is 4.74 Å². The summed E-state index contributed by atoms with van der Waals surface area (Å²) < 4.78 is 5.60. The van der Waals surface area contributed by atoms with Crippen LogP contribution < -0.4 is 4.74 Å². The quantitative estimate of drug-likeness (QED) is 0.830. The van der Waals surface area contributed by atoms with Crippen LogP contribution in [0.15, 0.2) is 12.1 Å². The summed E-state index contributed by atoms with van der Waals surface area (Å²) in [5.74, 6) is 1.03. The number of rotatable bonds is 4. The molecule has 0 saturated carbocycles. The van der Waals surface area contributed by atoms with E-state index in [1.807, 2.05) is 0 Å². The van der Waals surface area contributed by atoms with E-state index in [9.17, 15) is 0 Å². The third kappa shape index (κ3) is 2.93. The lowest BCUT2D eigenvalue weighted by molar-refractivity contribution is 0.224. The molecule has 0 bridgehead atoms. The van der Waals surface area contributed by atoms with E-state index < -0.39 is 0 Å². The highest BCUT2D eigenvalue weighted by atomic mass is 16.5. The number of hydrogen-bond donors (Lipinski definition) is 0. The normalized spacial score (nSPS) is 19.6. The van der Waals surface area contributed by atoms with Gasteiger partial charge in [0.05, 0.1) is 7.11 Å². The molecule has 0 amide bonds. The Balaban J connectivity index is 2.43. The van der Waals surface area contributed by atoms with Crippen LogP contribution in [-0.4, -0.2) is 44.6 Å². The molecule has 0 aromatic heterocycles. The maximum atomic E-state index is 5.60. The summed E-state index contributed by atoms with van der Waals surface area (Å²) >= 11 is 0. The van der Waals surface area contributed by atoms with Crippen molar-refractivity contribution in [1.82, 2.24) is 9.80 Å². The molecule has 1 atom stereocenters. The van der Waals surface area contributed by atoms with E-state index in [-0.39, 0.29) is 0 Å². The van der Waals surface area contributed by atoms with Gasteiger partial charge in [0.25, 0.3) is 0 Å². The Morgan fingerprint density at radius 1 is 1.37 bits per heavy atom. The SMILES string of the molecule is CCC1c2cc(OC)c(CN(C)C)cc2CCN1C. The van der Waals surface area contributed by atoms with Crippen molar-refractivity contribution in [3.8, 4) is 5.75 Å². The summed E-state index contributed by atoms with van der Waals surface area (Å²) in [5, 5.41) is 0. The molecule has 3 heteroatoms. The highest BCUT2D eigenvalue weighted by molar-refractivity contribution is 5.45. The smallest absolute Gasteiger partial charge is 0.123 e. The Labute approximate surface area is 117 Å². The first-order valence-corrected chi connectivity index (χ1v) is 7.11. The van der Waals surface area contributed by atoms with Crippen LogP contribution in [0.25, 0.3) is 0 Å². The van der Waals surface area contributed by atoms with E-state index >= 15 is 0 Å². The van der Waals surface area contributed by atoms with Crippen molar-refractivity contribution in [1.29, 1.82) is 0 Å². The van der Waals surface area contributed by atoms with Gasteiger partial charge in [0.15, 0.2) is 0 Å². The van der Waals surface area contributed by atoms with Crippen molar-refractivity contribution in [2.45, 2.75) is 32.4 Å². The average molecular weight is 262 g/mol. The molecule has 1 aliphatic heterocycles. The molecule has 0 radical (unpaired) electrons. The second kappa shape index (κ2) is 5.93. The van der Waals surface area contributed by atoms with Gasteiger partial charge in [-0.1, -0.05) is 13.0 Å². The Morgan fingerprint density at radius 2 is 2.11 bits per heavy atom. The number of ether oxygens (including phenoxy) is 1. The van der Waals surface area contributed by atoms with E-state index in [0.717, 1.165) is 31.7 Å². The Kier molecular flexibility index (Phi) is 4.48. The van der Waals surface area contributed by atoms with Gasteiger partial charge in [-0.3, -0.25) is 4.90 Å². The molecule has 0 spiro atoms. The second-order valence-corrected chi connectivity index (χ2v) is 5.76. The van der Waals surface area contributed by atoms with Gasteiger partial charge in [-0.25, -0.2) is 0 Å². The monoisotopic (exact) mass is 262 g/mol. The van der Waals surface area contributed by atoms with Crippen molar-refractivity contribution in [3.05, 3.63) is 28.8 Å². The van der Waals surface area contributed by atoms with Crippen LogP contribution in [0.1, 0.15) is 36.1 Å². The van der Waals surface area contributed by atoms with Gasteiger partial charge in [-0.05, 0) is 51.2 Å². The molecule has 0 aliphatic carbocycles. The largest absolute Gasteiger partial charge is 0.496 e. The van der Waals surface area contributed by atoms with Crippen LogP contribution in [0.2, 0.25) is 0 Å². The molecule has 1 unspecified atom stereocenters. The van der Waals surface area contributed by atoms with Crippen LogP contribution in [0.4, 0.5) is 0 Å². The molecule has 106 valence electrons. The lowest BCUT2D eigenvalue weighted by Gasteiger charge is -2.35. The Hall–Kier alpha value is -1.06. The van der Waals surface area contributed by atoms with Crippen LogP contribution in [0.5, 0.6) is 5.75 Å². The van der Waals surface area contributed by atoms with E-state index in [1.54, 1.807) is 7.11 Å². The minimum absolute atomic E-state index is 0.533. The van der Waals surface area contributed by atoms with Crippen molar-refractivity contribution in [2.75, 3.05) is 34.8 Å². The summed E-state index contributed by atoms with van der Waals surface area (Å²) in [6.45, 7) is 4.35. The van der Waals surface area contributed by atoms with Gasteiger partial charge in [0.1, 0.15) is 5.75 Å². The van der Waals surface area contributed by atoms with Gasteiger partial charge >= 0.3 is 0 Å². The lowest BCUT2D eigenvalue weighted by Crippen LogP contribution is -2.32. The van der Waals surface area contributed by atoms with Gasteiger partial charge in [0.2, 0.25) is 0 Å².